The predicted octanol–water partition coefficient (Wildman–Crippen LogP) is 5.70. The largest absolute Gasteiger partial charge is 0.489 e. The van der Waals surface area contributed by atoms with Gasteiger partial charge in [-0.3, -0.25) is 0 Å². The molecule has 0 bridgehead atoms. The first-order valence-electron chi connectivity index (χ1n) is 13.3. The Morgan fingerprint density at radius 1 is 1.02 bits per heavy atom. The van der Waals surface area contributed by atoms with Gasteiger partial charge < -0.3 is 14.8 Å². The quantitative estimate of drug-likeness (QED) is 0.159. The number of tetrazole rings is 1. The number of rotatable bonds is 10. The Hall–Kier alpha value is -4.55. The van der Waals surface area contributed by atoms with Crippen molar-refractivity contribution in [1.29, 1.82) is 0 Å². The van der Waals surface area contributed by atoms with Crippen LogP contribution in [0.15, 0.2) is 94.5 Å². The van der Waals surface area contributed by atoms with Crippen molar-refractivity contribution in [1.82, 2.24) is 30.4 Å². The number of thioether (sulfide) groups is 1. The first-order chi connectivity index (χ1) is 20.6. The SMILES string of the molecule is CCOC(=O)C1=C(CSc2nnc(-c3ccccc3)s2)Nc2nnnn2C1c1cccc(OCc2ccc(C)cc2)c1. The van der Waals surface area contributed by atoms with E-state index in [-0.39, 0.29) is 6.61 Å². The van der Waals surface area contributed by atoms with Crippen molar-refractivity contribution in [2.45, 2.75) is 30.8 Å². The van der Waals surface area contributed by atoms with Crippen LogP contribution >= 0.6 is 23.1 Å². The molecule has 2 aromatic heterocycles. The zero-order valence-electron chi connectivity index (χ0n) is 22.9. The Kier molecular flexibility index (Phi) is 8.24. The molecule has 1 unspecified atom stereocenters. The van der Waals surface area contributed by atoms with Crippen LogP contribution in [-0.2, 0) is 16.1 Å². The zero-order chi connectivity index (χ0) is 28.9. The van der Waals surface area contributed by atoms with Crippen molar-refractivity contribution in [3.8, 4) is 16.3 Å². The summed E-state index contributed by atoms with van der Waals surface area (Å²) in [5.41, 5.74) is 5.13. The number of hydrogen-bond acceptors (Lipinski definition) is 11. The number of aromatic nitrogens is 6. The van der Waals surface area contributed by atoms with E-state index < -0.39 is 12.0 Å². The first kappa shape index (κ1) is 27.6. The second-order valence-corrected chi connectivity index (χ2v) is 11.7. The van der Waals surface area contributed by atoms with Gasteiger partial charge in [0.2, 0.25) is 5.95 Å². The summed E-state index contributed by atoms with van der Waals surface area (Å²) in [5.74, 6) is 1.06. The van der Waals surface area contributed by atoms with E-state index in [1.54, 1.807) is 11.6 Å². The van der Waals surface area contributed by atoms with E-state index in [9.17, 15) is 4.79 Å². The topological polar surface area (TPSA) is 117 Å². The van der Waals surface area contributed by atoms with Gasteiger partial charge in [-0.05, 0) is 47.5 Å². The number of carbonyl (C=O) groups excluding carboxylic acids is 1. The third-order valence-electron chi connectivity index (χ3n) is 6.56. The van der Waals surface area contributed by atoms with Gasteiger partial charge in [-0.15, -0.1) is 10.2 Å². The Morgan fingerprint density at radius 2 is 1.86 bits per heavy atom. The van der Waals surface area contributed by atoms with Crippen molar-refractivity contribution in [3.05, 3.63) is 107 Å². The first-order valence-corrected chi connectivity index (χ1v) is 15.1. The van der Waals surface area contributed by atoms with Crippen LogP contribution in [0.4, 0.5) is 5.95 Å². The summed E-state index contributed by atoms with van der Waals surface area (Å²) in [4.78, 5) is 13.5. The lowest BCUT2D eigenvalue weighted by Crippen LogP contribution is -2.31. The van der Waals surface area contributed by atoms with E-state index in [1.807, 2.05) is 66.7 Å². The van der Waals surface area contributed by atoms with Gasteiger partial charge in [0.05, 0.1) is 12.2 Å². The molecule has 3 aromatic carbocycles. The number of nitrogens with zero attached hydrogens (tertiary/aromatic N) is 6. The van der Waals surface area contributed by atoms with Gasteiger partial charge >= 0.3 is 5.97 Å². The third kappa shape index (κ3) is 6.04. The fourth-order valence-corrected chi connectivity index (χ4v) is 6.36. The number of ether oxygens (including phenoxy) is 2. The van der Waals surface area contributed by atoms with Crippen LogP contribution in [0.2, 0.25) is 0 Å². The molecule has 212 valence electrons. The summed E-state index contributed by atoms with van der Waals surface area (Å²) in [5, 5.41) is 25.0. The second kappa shape index (κ2) is 12.5. The average molecular weight is 598 g/mol. The van der Waals surface area contributed by atoms with E-state index in [2.05, 4.69) is 50.1 Å². The molecule has 0 saturated carbocycles. The van der Waals surface area contributed by atoms with Gasteiger partial charge in [-0.25, -0.2) is 4.79 Å². The van der Waals surface area contributed by atoms with Crippen LogP contribution < -0.4 is 10.1 Å². The fraction of sp³-hybridized carbons (Fsp3) is 0.200. The lowest BCUT2D eigenvalue weighted by molar-refractivity contribution is -0.139. The number of esters is 1. The summed E-state index contributed by atoms with van der Waals surface area (Å²) in [7, 11) is 0. The van der Waals surface area contributed by atoms with Crippen molar-refractivity contribution >= 4 is 35.0 Å². The van der Waals surface area contributed by atoms with Crippen LogP contribution in [0, 0.1) is 6.92 Å². The Balaban J connectivity index is 1.30. The van der Waals surface area contributed by atoms with E-state index in [4.69, 9.17) is 9.47 Å². The summed E-state index contributed by atoms with van der Waals surface area (Å²) in [6, 6.07) is 25.1. The lowest BCUT2D eigenvalue weighted by atomic mass is 9.95. The number of hydrogen-bond donors (Lipinski definition) is 1. The summed E-state index contributed by atoms with van der Waals surface area (Å²) in [6.45, 7) is 4.49. The second-order valence-electron chi connectivity index (χ2n) is 9.46. The minimum atomic E-state index is -0.622. The van der Waals surface area contributed by atoms with Crippen molar-refractivity contribution in [2.24, 2.45) is 0 Å². The average Bonchev–Trinajstić information content (AvgIpc) is 3.69. The predicted molar refractivity (Wildman–Crippen MR) is 161 cm³/mol. The molecular weight excluding hydrogens is 571 g/mol. The molecule has 10 nitrogen and oxygen atoms in total. The zero-order valence-corrected chi connectivity index (χ0v) is 24.6. The molecule has 6 rings (SSSR count). The van der Waals surface area contributed by atoms with E-state index in [0.29, 0.717) is 35.3 Å². The molecule has 5 aromatic rings. The molecule has 0 aliphatic carbocycles. The number of benzene rings is 3. The van der Waals surface area contributed by atoms with Gasteiger partial charge in [0.25, 0.3) is 0 Å². The van der Waals surface area contributed by atoms with Crippen LogP contribution in [0.3, 0.4) is 0 Å². The van der Waals surface area contributed by atoms with Gasteiger partial charge in [0, 0.05) is 17.0 Å². The molecule has 0 amide bonds. The van der Waals surface area contributed by atoms with E-state index in [1.165, 1.54) is 28.7 Å². The van der Waals surface area contributed by atoms with Crippen molar-refractivity contribution in [2.75, 3.05) is 17.7 Å². The van der Waals surface area contributed by atoms with Gasteiger partial charge in [0.15, 0.2) is 4.34 Å². The van der Waals surface area contributed by atoms with E-state index in [0.717, 1.165) is 26.0 Å². The van der Waals surface area contributed by atoms with E-state index >= 15 is 0 Å². The summed E-state index contributed by atoms with van der Waals surface area (Å²) in [6.07, 6.45) is 0. The monoisotopic (exact) mass is 597 g/mol. The number of aryl methyl sites for hydroxylation is 1. The van der Waals surface area contributed by atoms with Crippen LogP contribution in [0.1, 0.15) is 29.7 Å². The van der Waals surface area contributed by atoms with Crippen molar-refractivity contribution in [3.63, 3.8) is 0 Å². The highest BCUT2D eigenvalue weighted by atomic mass is 32.2. The normalized spacial score (nSPS) is 14.3. The van der Waals surface area contributed by atoms with Crippen LogP contribution in [-0.4, -0.2) is 48.7 Å². The van der Waals surface area contributed by atoms with Gasteiger partial charge in [0.1, 0.15) is 23.4 Å². The maximum Gasteiger partial charge on any atom is 0.338 e. The van der Waals surface area contributed by atoms with Gasteiger partial charge in [-0.2, -0.15) is 4.68 Å². The fourth-order valence-electron chi connectivity index (χ4n) is 4.53. The third-order valence-corrected chi connectivity index (χ3v) is 8.69. The molecule has 0 spiro atoms. The van der Waals surface area contributed by atoms with Crippen molar-refractivity contribution < 1.29 is 14.3 Å². The lowest BCUT2D eigenvalue weighted by Gasteiger charge is -2.28. The number of carbonyl (C=O) groups is 1. The molecule has 1 aliphatic rings. The molecular formula is C30H27N7O3S2. The smallest absolute Gasteiger partial charge is 0.338 e. The Bertz CT molecular complexity index is 1720. The summed E-state index contributed by atoms with van der Waals surface area (Å²) >= 11 is 2.98. The molecule has 0 fully saturated rings. The maximum atomic E-state index is 13.5. The highest BCUT2D eigenvalue weighted by molar-refractivity contribution is 8.01. The maximum absolute atomic E-state index is 13.5. The van der Waals surface area contributed by atoms with Crippen LogP contribution in [0.5, 0.6) is 5.75 Å². The number of fused-ring (bicyclic) bond motifs is 1. The summed E-state index contributed by atoms with van der Waals surface area (Å²) < 4.78 is 14.0. The minimum Gasteiger partial charge on any atom is -0.489 e. The highest BCUT2D eigenvalue weighted by Gasteiger charge is 2.36. The van der Waals surface area contributed by atoms with Crippen LogP contribution in [0.25, 0.3) is 10.6 Å². The standard InChI is InChI=1S/C30H27N7O3S2/c1-3-39-28(38)25-24(18-41-30-34-32-27(42-30)21-8-5-4-6-9-21)31-29-33-35-36-37(29)26(25)22-10-7-11-23(16-22)40-17-20-14-12-19(2)13-15-20/h4-16,26H,3,17-18H2,1-2H3,(H,31,33,36). The molecule has 42 heavy (non-hydrogen) atoms. The molecule has 12 heteroatoms. The Morgan fingerprint density at radius 3 is 2.67 bits per heavy atom. The molecule has 3 heterocycles. The molecule has 1 aliphatic heterocycles. The van der Waals surface area contributed by atoms with Gasteiger partial charge in [-0.1, -0.05) is 100 Å². The molecule has 0 saturated heterocycles. The highest BCUT2D eigenvalue weighted by Crippen LogP contribution is 2.38. The number of nitrogens with one attached hydrogen (secondary N) is 1. The number of anilines is 1. The minimum absolute atomic E-state index is 0.231. The molecule has 1 atom stereocenters. The molecule has 1 N–H and O–H groups in total. The molecule has 0 radical (unpaired) electrons. The Labute approximate surface area is 250 Å².